The summed E-state index contributed by atoms with van der Waals surface area (Å²) in [4.78, 5) is 19.7. The van der Waals surface area contributed by atoms with Crippen LogP contribution in [0.3, 0.4) is 0 Å². The van der Waals surface area contributed by atoms with Crippen LogP contribution in [0, 0.1) is 0 Å². The Labute approximate surface area is 189 Å². The molecule has 6 heteroatoms. The lowest BCUT2D eigenvalue weighted by molar-refractivity contribution is -0.113. The van der Waals surface area contributed by atoms with Crippen LogP contribution in [0.4, 0.5) is 5.69 Å². The van der Waals surface area contributed by atoms with Crippen molar-refractivity contribution in [3.8, 4) is 11.5 Å². The van der Waals surface area contributed by atoms with E-state index in [0.29, 0.717) is 18.1 Å². The van der Waals surface area contributed by atoms with Gasteiger partial charge < -0.3 is 9.47 Å². The lowest BCUT2D eigenvalue weighted by Crippen LogP contribution is -2.32. The van der Waals surface area contributed by atoms with Gasteiger partial charge in [0.2, 0.25) is 0 Å². The average molecular weight is 477 g/mol. The fourth-order valence-corrected chi connectivity index (χ4v) is 3.53. The van der Waals surface area contributed by atoms with Gasteiger partial charge in [0.1, 0.15) is 23.0 Å². The minimum absolute atomic E-state index is 0.179. The molecule has 0 aromatic heterocycles. The van der Waals surface area contributed by atoms with Crippen molar-refractivity contribution < 1.29 is 14.3 Å². The first-order chi connectivity index (χ1) is 15.1. The van der Waals surface area contributed by atoms with Gasteiger partial charge in [-0.2, -0.15) is 0 Å². The Morgan fingerprint density at radius 2 is 1.58 bits per heavy atom. The van der Waals surface area contributed by atoms with Crippen molar-refractivity contribution in [2.45, 2.75) is 6.92 Å². The maximum Gasteiger partial charge on any atom is 0.282 e. The van der Waals surface area contributed by atoms with Crippen LogP contribution in [0.25, 0.3) is 6.08 Å². The molecule has 0 unspecified atom stereocenters. The Morgan fingerprint density at radius 1 is 0.935 bits per heavy atom. The molecule has 0 N–H and O–H groups in total. The predicted molar refractivity (Wildman–Crippen MR) is 127 cm³/mol. The Balaban J connectivity index is 1.74. The summed E-state index contributed by atoms with van der Waals surface area (Å²) in [5, 5.41) is 0. The highest BCUT2D eigenvalue weighted by Gasteiger charge is 2.32. The summed E-state index contributed by atoms with van der Waals surface area (Å²) in [5.74, 6) is 1.93. The quantitative estimate of drug-likeness (QED) is 0.429. The van der Waals surface area contributed by atoms with Crippen molar-refractivity contribution in [1.82, 2.24) is 0 Å². The zero-order chi connectivity index (χ0) is 21.8. The summed E-state index contributed by atoms with van der Waals surface area (Å²) in [7, 11) is 1.62. The normalized spacial score (nSPS) is 14.7. The van der Waals surface area contributed by atoms with Crippen LogP contribution in [0.1, 0.15) is 18.1 Å². The largest absolute Gasteiger partial charge is 0.497 e. The van der Waals surface area contributed by atoms with Gasteiger partial charge in [0.25, 0.3) is 5.91 Å². The third-order valence-electron chi connectivity index (χ3n) is 4.79. The molecule has 5 nitrogen and oxygen atoms in total. The van der Waals surface area contributed by atoms with Crippen LogP contribution in [0.2, 0.25) is 0 Å². The topological polar surface area (TPSA) is 51.1 Å². The molecule has 0 atom stereocenters. The number of nitrogens with zero attached hydrogens (tertiary/aromatic N) is 2. The monoisotopic (exact) mass is 476 g/mol. The van der Waals surface area contributed by atoms with Crippen molar-refractivity contribution in [2.24, 2.45) is 4.99 Å². The fourth-order valence-electron chi connectivity index (χ4n) is 3.26. The van der Waals surface area contributed by atoms with E-state index in [1.807, 2.05) is 79.7 Å². The molecular weight excluding hydrogens is 456 g/mol. The van der Waals surface area contributed by atoms with Gasteiger partial charge in [-0.25, -0.2) is 4.99 Å². The second-order valence-electron chi connectivity index (χ2n) is 6.81. The SMILES string of the molecule is CCOc1ccc(/C=C2/N=C(c3ccc(OC)cc3)N(c3ccc(Br)cc3)C2=O)cc1. The second kappa shape index (κ2) is 9.18. The van der Waals surface area contributed by atoms with E-state index in [4.69, 9.17) is 14.5 Å². The average Bonchev–Trinajstić information content (AvgIpc) is 3.12. The molecule has 0 bridgehead atoms. The standard InChI is InChI=1S/C25H21BrN2O3/c1-3-31-22-12-4-17(5-13-22)16-23-25(29)28(20-10-8-19(26)9-11-20)24(27-23)18-6-14-21(30-2)15-7-18/h4-16H,3H2,1-2H3/b23-16+. The van der Waals surface area contributed by atoms with Gasteiger partial charge in [0.15, 0.2) is 0 Å². The molecule has 1 amide bonds. The Hall–Kier alpha value is -3.38. The third-order valence-corrected chi connectivity index (χ3v) is 5.32. The summed E-state index contributed by atoms with van der Waals surface area (Å²) >= 11 is 3.45. The number of rotatable bonds is 6. The van der Waals surface area contributed by atoms with Crippen molar-refractivity contribution in [2.75, 3.05) is 18.6 Å². The molecule has 1 aliphatic heterocycles. The van der Waals surface area contributed by atoms with Gasteiger partial charge in [-0.1, -0.05) is 28.1 Å². The summed E-state index contributed by atoms with van der Waals surface area (Å²) < 4.78 is 11.7. The first kappa shape index (κ1) is 20.9. The number of carbonyl (C=O) groups excluding carboxylic acids is 1. The van der Waals surface area contributed by atoms with Crippen LogP contribution >= 0.6 is 15.9 Å². The third kappa shape index (κ3) is 4.54. The van der Waals surface area contributed by atoms with Gasteiger partial charge >= 0.3 is 0 Å². The van der Waals surface area contributed by atoms with Crippen molar-refractivity contribution in [1.29, 1.82) is 0 Å². The van der Waals surface area contributed by atoms with Crippen molar-refractivity contribution in [3.05, 3.63) is 94.1 Å². The number of amidine groups is 1. The summed E-state index contributed by atoms with van der Waals surface area (Å²) in [5.41, 5.74) is 2.82. The predicted octanol–water partition coefficient (Wildman–Crippen LogP) is 5.69. The summed E-state index contributed by atoms with van der Waals surface area (Å²) in [6, 6.07) is 22.7. The minimum Gasteiger partial charge on any atom is -0.497 e. The molecule has 0 spiro atoms. The lowest BCUT2D eigenvalue weighted by Gasteiger charge is -2.18. The number of anilines is 1. The number of carbonyl (C=O) groups is 1. The highest BCUT2D eigenvalue weighted by molar-refractivity contribution is 9.10. The number of aliphatic imine (C=N–C) groups is 1. The van der Waals surface area contributed by atoms with E-state index < -0.39 is 0 Å². The maximum absolute atomic E-state index is 13.4. The first-order valence-corrected chi connectivity index (χ1v) is 10.7. The molecule has 0 radical (unpaired) electrons. The van der Waals surface area contributed by atoms with Crippen LogP contribution in [0.15, 0.2) is 88.0 Å². The smallest absolute Gasteiger partial charge is 0.282 e. The molecule has 3 aromatic rings. The van der Waals surface area contributed by atoms with E-state index in [2.05, 4.69) is 15.9 Å². The molecule has 1 aliphatic rings. The molecule has 0 fully saturated rings. The van der Waals surface area contributed by atoms with Gasteiger partial charge in [0, 0.05) is 10.0 Å². The number of hydrogen-bond acceptors (Lipinski definition) is 4. The summed E-state index contributed by atoms with van der Waals surface area (Å²) in [6.45, 7) is 2.55. The molecular formula is C25H21BrN2O3. The number of methoxy groups -OCH3 is 1. The van der Waals surface area contributed by atoms with Crippen LogP contribution in [-0.2, 0) is 4.79 Å². The zero-order valence-electron chi connectivity index (χ0n) is 17.2. The number of hydrogen-bond donors (Lipinski definition) is 0. The van der Waals surface area contributed by atoms with Crippen LogP contribution in [0.5, 0.6) is 11.5 Å². The molecule has 31 heavy (non-hydrogen) atoms. The molecule has 156 valence electrons. The van der Waals surface area contributed by atoms with Gasteiger partial charge in [0.05, 0.1) is 19.4 Å². The molecule has 1 heterocycles. The van der Waals surface area contributed by atoms with E-state index in [-0.39, 0.29) is 5.91 Å². The van der Waals surface area contributed by atoms with E-state index in [0.717, 1.165) is 32.8 Å². The highest BCUT2D eigenvalue weighted by Crippen LogP contribution is 2.29. The van der Waals surface area contributed by atoms with Crippen molar-refractivity contribution in [3.63, 3.8) is 0 Å². The molecule has 3 aromatic carbocycles. The van der Waals surface area contributed by atoms with Gasteiger partial charge in [-0.15, -0.1) is 0 Å². The summed E-state index contributed by atoms with van der Waals surface area (Å²) in [6.07, 6.45) is 1.79. The second-order valence-corrected chi connectivity index (χ2v) is 7.73. The minimum atomic E-state index is -0.179. The van der Waals surface area contributed by atoms with E-state index in [9.17, 15) is 4.79 Å². The Bertz CT molecular complexity index is 1130. The zero-order valence-corrected chi connectivity index (χ0v) is 18.8. The van der Waals surface area contributed by atoms with E-state index in [1.54, 1.807) is 18.1 Å². The van der Waals surface area contributed by atoms with Crippen LogP contribution < -0.4 is 14.4 Å². The first-order valence-electron chi connectivity index (χ1n) is 9.86. The Kier molecular flexibility index (Phi) is 6.18. The number of ether oxygens (including phenoxy) is 2. The van der Waals surface area contributed by atoms with Crippen LogP contribution in [-0.4, -0.2) is 25.5 Å². The number of amides is 1. The molecule has 0 saturated carbocycles. The van der Waals surface area contributed by atoms with Crippen molar-refractivity contribution >= 4 is 39.4 Å². The van der Waals surface area contributed by atoms with Gasteiger partial charge in [-0.3, -0.25) is 9.69 Å². The Morgan fingerprint density at radius 3 is 2.19 bits per heavy atom. The number of benzene rings is 3. The number of halogens is 1. The lowest BCUT2D eigenvalue weighted by atomic mass is 10.1. The van der Waals surface area contributed by atoms with Gasteiger partial charge in [-0.05, 0) is 79.2 Å². The maximum atomic E-state index is 13.4. The molecule has 4 rings (SSSR count). The molecule has 0 aliphatic carbocycles. The van der Waals surface area contributed by atoms with E-state index >= 15 is 0 Å². The highest BCUT2D eigenvalue weighted by atomic mass is 79.9. The molecule has 0 saturated heterocycles. The van der Waals surface area contributed by atoms with E-state index in [1.165, 1.54) is 0 Å². The fraction of sp³-hybridized carbons (Fsp3) is 0.120.